The molecule has 28 heavy (non-hydrogen) atoms. The molecule has 0 heterocycles. The molecule has 5 nitrogen and oxygen atoms in total. The molecule has 0 spiro atoms. The Morgan fingerprint density at radius 3 is 2.36 bits per heavy atom. The smallest absolute Gasteiger partial charge is 0.263 e. The van der Waals surface area contributed by atoms with Crippen molar-refractivity contribution in [3.05, 3.63) is 86.4 Å². The van der Waals surface area contributed by atoms with Crippen LogP contribution in [0.25, 0.3) is 0 Å². The molecule has 3 aromatic rings. The first kappa shape index (κ1) is 20.6. The van der Waals surface area contributed by atoms with Crippen LogP contribution in [0.2, 0.25) is 5.02 Å². The van der Waals surface area contributed by atoms with Crippen LogP contribution in [-0.4, -0.2) is 14.3 Å². The molecule has 0 aliphatic carbocycles. The van der Waals surface area contributed by atoms with Gasteiger partial charge in [0, 0.05) is 20.5 Å². The van der Waals surface area contributed by atoms with Crippen molar-refractivity contribution in [3.63, 3.8) is 0 Å². The first-order chi connectivity index (χ1) is 13.2. The van der Waals surface area contributed by atoms with E-state index in [-0.39, 0.29) is 15.5 Å². The van der Waals surface area contributed by atoms with E-state index >= 15 is 0 Å². The van der Waals surface area contributed by atoms with Crippen molar-refractivity contribution < 1.29 is 13.2 Å². The van der Waals surface area contributed by atoms with Crippen LogP contribution in [0.1, 0.15) is 15.9 Å². The third-order valence-electron chi connectivity index (χ3n) is 3.86. The molecule has 0 unspecified atom stereocenters. The molecular formula is C20H16ClIN2O3S. The number of halogens is 2. The zero-order chi connectivity index (χ0) is 20.3. The number of carbonyl (C=O) groups is 1. The van der Waals surface area contributed by atoms with Crippen LogP contribution in [0, 0.1) is 10.5 Å². The Morgan fingerprint density at radius 1 is 0.964 bits per heavy atom. The molecule has 8 heteroatoms. The largest absolute Gasteiger partial charge is 0.322 e. The van der Waals surface area contributed by atoms with Crippen molar-refractivity contribution in [2.45, 2.75) is 11.8 Å². The third kappa shape index (κ3) is 5.03. The van der Waals surface area contributed by atoms with Gasteiger partial charge in [0.15, 0.2) is 0 Å². The highest BCUT2D eigenvalue weighted by atomic mass is 127. The van der Waals surface area contributed by atoms with Gasteiger partial charge in [0.25, 0.3) is 15.9 Å². The van der Waals surface area contributed by atoms with E-state index in [0.717, 1.165) is 9.13 Å². The van der Waals surface area contributed by atoms with Crippen LogP contribution in [-0.2, 0) is 10.0 Å². The van der Waals surface area contributed by atoms with E-state index in [1.54, 1.807) is 30.3 Å². The molecule has 0 aliphatic heterocycles. The summed E-state index contributed by atoms with van der Waals surface area (Å²) in [7, 11) is -3.96. The van der Waals surface area contributed by atoms with E-state index in [2.05, 4.69) is 32.6 Å². The quantitative estimate of drug-likeness (QED) is 0.443. The van der Waals surface area contributed by atoms with Crippen LogP contribution >= 0.6 is 34.2 Å². The van der Waals surface area contributed by atoms with E-state index in [9.17, 15) is 13.2 Å². The minimum atomic E-state index is -3.96. The van der Waals surface area contributed by atoms with E-state index in [4.69, 9.17) is 11.6 Å². The summed E-state index contributed by atoms with van der Waals surface area (Å²) < 4.78 is 29.1. The Hall–Kier alpha value is -2.10. The van der Waals surface area contributed by atoms with Gasteiger partial charge >= 0.3 is 0 Å². The van der Waals surface area contributed by atoms with Gasteiger partial charge in [-0.05, 0) is 89.7 Å². The normalized spacial score (nSPS) is 11.1. The average molecular weight is 527 g/mol. The van der Waals surface area contributed by atoms with Gasteiger partial charge in [0.05, 0.1) is 5.02 Å². The third-order valence-corrected chi connectivity index (χ3v) is 6.44. The van der Waals surface area contributed by atoms with Crippen LogP contribution in [0.15, 0.2) is 71.6 Å². The monoisotopic (exact) mass is 526 g/mol. The molecule has 144 valence electrons. The van der Waals surface area contributed by atoms with Crippen molar-refractivity contribution in [2.75, 3.05) is 10.0 Å². The fourth-order valence-corrected chi connectivity index (χ4v) is 4.44. The standard InChI is InChI=1S/C20H16ClIN2O3S/c1-13-3-2-4-17(11-13)24-28(26,27)19-12-14(5-10-18(19)21)20(25)23-16-8-6-15(22)7-9-16/h2-12,24H,1H3,(H,23,25). The Kier molecular flexibility index (Phi) is 6.26. The Balaban J connectivity index is 1.87. The van der Waals surface area contributed by atoms with Crippen LogP contribution in [0.5, 0.6) is 0 Å². The molecule has 3 aromatic carbocycles. The zero-order valence-corrected chi connectivity index (χ0v) is 18.5. The second-order valence-electron chi connectivity index (χ2n) is 6.08. The number of amides is 1. The lowest BCUT2D eigenvalue weighted by molar-refractivity contribution is 0.102. The van der Waals surface area contributed by atoms with Crippen molar-refractivity contribution in [1.29, 1.82) is 0 Å². The molecule has 0 saturated heterocycles. The topological polar surface area (TPSA) is 75.3 Å². The molecule has 2 N–H and O–H groups in total. The van der Waals surface area contributed by atoms with Gasteiger partial charge in [0.1, 0.15) is 4.90 Å². The van der Waals surface area contributed by atoms with E-state index < -0.39 is 15.9 Å². The van der Waals surface area contributed by atoms with Gasteiger partial charge in [-0.2, -0.15) is 0 Å². The number of rotatable bonds is 5. The summed E-state index contributed by atoms with van der Waals surface area (Å²) in [6.45, 7) is 1.86. The summed E-state index contributed by atoms with van der Waals surface area (Å²) in [5, 5.41) is 2.77. The number of benzene rings is 3. The number of hydrogen-bond acceptors (Lipinski definition) is 3. The van der Waals surface area contributed by atoms with Gasteiger partial charge < -0.3 is 5.32 Å². The Morgan fingerprint density at radius 2 is 1.68 bits per heavy atom. The molecule has 0 aromatic heterocycles. The maximum absolute atomic E-state index is 12.8. The molecule has 0 bridgehead atoms. The number of aryl methyl sites for hydroxylation is 1. The Bertz CT molecular complexity index is 1130. The van der Waals surface area contributed by atoms with Crippen LogP contribution < -0.4 is 10.0 Å². The highest BCUT2D eigenvalue weighted by molar-refractivity contribution is 14.1. The first-order valence-corrected chi connectivity index (χ1v) is 11.1. The highest BCUT2D eigenvalue weighted by Crippen LogP contribution is 2.26. The van der Waals surface area contributed by atoms with Crippen molar-refractivity contribution in [3.8, 4) is 0 Å². The van der Waals surface area contributed by atoms with Crippen LogP contribution in [0.4, 0.5) is 11.4 Å². The summed E-state index contributed by atoms with van der Waals surface area (Å²) in [5.74, 6) is -0.426. The van der Waals surface area contributed by atoms with Gasteiger partial charge in [-0.1, -0.05) is 23.7 Å². The molecule has 3 rings (SSSR count). The van der Waals surface area contributed by atoms with Crippen molar-refractivity contribution >= 4 is 61.5 Å². The number of sulfonamides is 1. The zero-order valence-electron chi connectivity index (χ0n) is 14.7. The minimum Gasteiger partial charge on any atom is -0.322 e. The van der Waals surface area contributed by atoms with Gasteiger partial charge in [-0.15, -0.1) is 0 Å². The maximum atomic E-state index is 12.8. The molecular weight excluding hydrogens is 511 g/mol. The molecule has 0 fully saturated rings. The van der Waals surface area contributed by atoms with Gasteiger partial charge in [-0.25, -0.2) is 8.42 Å². The number of hydrogen-bond donors (Lipinski definition) is 2. The average Bonchev–Trinajstić information content (AvgIpc) is 2.63. The number of anilines is 2. The number of carbonyl (C=O) groups excluding carboxylic acids is 1. The van der Waals surface area contributed by atoms with E-state index in [1.807, 2.05) is 25.1 Å². The second-order valence-corrected chi connectivity index (χ2v) is 9.38. The molecule has 0 aliphatic rings. The predicted octanol–water partition coefficient (Wildman–Crippen LogP) is 5.31. The fraction of sp³-hybridized carbons (Fsp3) is 0.0500. The second kappa shape index (κ2) is 8.50. The maximum Gasteiger partial charge on any atom is 0.263 e. The van der Waals surface area contributed by atoms with Gasteiger partial charge in [0.2, 0.25) is 0 Å². The Labute approximate surface area is 182 Å². The predicted molar refractivity (Wildman–Crippen MR) is 121 cm³/mol. The summed E-state index contributed by atoms with van der Waals surface area (Å²) in [5.41, 5.74) is 2.14. The van der Waals surface area contributed by atoms with Crippen molar-refractivity contribution in [1.82, 2.24) is 0 Å². The lowest BCUT2D eigenvalue weighted by Crippen LogP contribution is -2.16. The van der Waals surface area contributed by atoms with E-state index in [0.29, 0.717) is 11.4 Å². The minimum absolute atomic E-state index is 0.0333. The summed E-state index contributed by atoms with van der Waals surface area (Å²) in [6.07, 6.45) is 0. The highest BCUT2D eigenvalue weighted by Gasteiger charge is 2.20. The fourth-order valence-electron chi connectivity index (χ4n) is 2.51. The first-order valence-electron chi connectivity index (χ1n) is 8.20. The molecule has 0 atom stereocenters. The molecule has 0 saturated carbocycles. The van der Waals surface area contributed by atoms with Crippen LogP contribution in [0.3, 0.4) is 0 Å². The van der Waals surface area contributed by atoms with Gasteiger partial charge in [-0.3, -0.25) is 9.52 Å². The summed E-state index contributed by atoms with van der Waals surface area (Å²) in [4.78, 5) is 12.4. The summed E-state index contributed by atoms with van der Waals surface area (Å²) in [6, 6.07) is 18.4. The summed E-state index contributed by atoms with van der Waals surface area (Å²) >= 11 is 8.28. The molecule has 1 amide bonds. The SMILES string of the molecule is Cc1cccc(NS(=O)(=O)c2cc(C(=O)Nc3ccc(I)cc3)ccc2Cl)c1. The lowest BCUT2D eigenvalue weighted by Gasteiger charge is -2.12. The number of nitrogens with one attached hydrogen (secondary N) is 2. The molecule has 0 radical (unpaired) electrons. The van der Waals surface area contributed by atoms with E-state index in [1.165, 1.54) is 18.2 Å². The lowest BCUT2D eigenvalue weighted by atomic mass is 10.2. The van der Waals surface area contributed by atoms with Crippen molar-refractivity contribution in [2.24, 2.45) is 0 Å².